The molecule has 44 heavy (non-hydrogen) atoms. The Bertz CT molecular complexity index is 1910. The second-order valence-electron chi connectivity index (χ2n) is 9.98. The molecule has 5 rings (SSSR count). The Kier molecular flexibility index (Phi) is 9.47. The van der Waals surface area contributed by atoms with Crippen molar-refractivity contribution in [2.75, 3.05) is 18.0 Å². The van der Waals surface area contributed by atoms with Crippen molar-refractivity contribution < 1.29 is 22.7 Å². The molecule has 0 atom stereocenters. The lowest BCUT2D eigenvalue weighted by Crippen LogP contribution is -2.39. The molecule has 0 saturated carbocycles. The summed E-state index contributed by atoms with van der Waals surface area (Å²) in [5, 5.41) is 6.56. The topological polar surface area (TPSA) is 97.3 Å². The van der Waals surface area contributed by atoms with E-state index in [1.54, 1.807) is 30.3 Å². The van der Waals surface area contributed by atoms with Crippen LogP contribution in [0.1, 0.15) is 16.7 Å². The number of hydrogen-bond acceptors (Lipinski definition) is 6. The number of rotatable bonds is 11. The summed E-state index contributed by atoms with van der Waals surface area (Å²) in [6.45, 7) is 1.75. The van der Waals surface area contributed by atoms with Gasteiger partial charge in [-0.1, -0.05) is 65.7 Å². The van der Waals surface area contributed by atoms with Gasteiger partial charge < -0.3 is 9.47 Å². The summed E-state index contributed by atoms with van der Waals surface area (Å²) in [5.41, 5.74) is 5.30. The number of anilines is 1. The number of nitrogens with one attached hydrogen (secondary N) is 1. The summed E-state index contributed by atoms with van der Waals surface area (Å²) < 4.78 is 39.3. The standard InChI is InChI=1S/C34H30ClN3O5S/c1-24-7-16-31(17-8-24)44(40,41)38(29-13-18-33(42-2)32(35)20-29)22-34(39)37-36-21-25-10-14-30(15-11-25)43-23-26-9-12-27-5-3-4-6-28(27)19-26/h3-21H,22-23H2,1-2H3,(H,37,39)/b36-21-. The summed E-state index contributed by atoms with van der Waals surface area (Å²) >= 11 is 6.28. The predicted octanol–water partition coefficient (Wildman–Crippen LogP) is 6.73. The van der Waals surface area contributed by atoms with E-state index in [1.165, 1.54) is 43.0 Å². The quantitative estimate of drug-likeness (QED) is 0.129. The Morgan fingerprint density at radius 1 is 0.909 bits per heavy atom. The van der Waals surface area contributed by atoms with Crippen molar-refractivity contribution in [3.63, 3.8) is 0 Å². The second kappa shape index (κ2) is 13.6. The van der Waals surface area contributed by atoms with Gasteiger partial charge in [-0.25, -0.2) is 13.8 Å². The molecule has 0 fully saturated rings. The van der Waals surface area contributed by atoms with E-state index in [0.29, 0.717) is 18.1 Å². The Labute approximate surface area is 261 Å². The van der Waals surface area contributed by atoms with Crippen LogP contribution in [0.2, 0.25) is 5.02 Å². The molecule has 0 aliphatic carbocycles. The first-order valence-electron chi connectivity index (χ1n) is 13.7. The van der Waals surface area contributed by atoms with E-state index in [9.17, 15) is 13.2 Å². The van der Waals surface area contributed by atoms with Crippen molar-refractivity contribution in [2.45, 2.75) is 18.4 Å². The zero-order valence-electron chi connectivity index (χ0n) is 24.1. The third-order valence-corrected chi connectivity index (χ3v) is 8.91. The molecule has 0 heterocycles. The summed E-state index contributed by atoms with van der Waals surface area (Å²) in [6.07, 6.45) is 1.47. The normalized spacial score (nSPS) is 11.4. The molecular weight excluding hydrogens is 598 g/mol. The van der Waals surface area contributed by atoms with Gasteiger partial charge in [-0.2, -0.15) is 5.10 Å². The summed E-state index contributed by atoms with van der Waals surface area (Å²) in [6, 6.07) is 32.5. The monoisotopic (exact) mass is 627 g/mol. The maximum absolute atomic E-state index is 13.6. The average Bonchev–Trinajstić information content (AvgIpc) is 3.03. The van der Waals surface area contributed by atoms with Crippen LogP contribution in [0.4, 0.5) is 5.69 Å². The van der Waals surface area contributed by atoms with Crippen LogP contribution in [-0.4, -0.2) is 34.2 Å². The number of sulfonamides is 1. The van der Waals surface area contributed by atoms with Gasteiger partial charge in [0, 0.05) is 0 Å². The van der Waals surface area contributed by atoms with Gasteiger partial charge >= 0.3 is 0 Å². The summed E-state index contributed by atoms with van der Waals surface area (Å²) in [4.78, 5) is 12.9. The summed E-state index contributed by atoms with van der Waals surface area (Å²) in [5.74, 6) is 0.427. The molecule has 1 N–H and O–H groups in total. The molecule has 8 nitrogen and oxygen atoms in total. The first-order chi connectivity index (χ1) is 21.2. The van der Waals surface area contributed by atoms with Gasteiger partial charge in [0.15, 0.2) is 0 Å². The fourth-order valence-electron chi connectivity index (χ4n) is 4.45. The number of amides is 1. The highest BCUT2D eigenvalue weighted by Crippen LogP contribution is 2.32. The molecule has 0 bridgehead atoms. The van der Waals surface area contributed by atoms with Crippen LogP contribution in [0.5, 0.6) is 11.5 Å². The molecule has 0 spiro atoms. The number of hydrazone groups is 1. The largest absolute Gasteiger partial charge is 0.495 e. The number of carbonyl (C=O) groups excluding carboxylic acids is 1. The van der Waals surface area contributed by atoms with Crippen LogP contribution in [0.25, 0.3) is 10.8 Å². The zero-order chi connectivity index (χ0) is 31.1. The number of aryl methyl sites for hydroxylation is 1. The third-order valence-electron chi connectivity index (χ3n) is 6.82. The van der Waals surface area contributed by atoms with Gasteiger partial charge in [-0.3, -0.25) is 9.10 Å². The lowest BCUT2D eigenvalue weighted by molar-refractivity contribution is -0.119. The first-order valence-corrected chi connectivity index (χ1v) is 15.5. The number of nitrogens with zero attached hydrogens (tertiary/aromatic N) is 2. The first kappa shape index (κ1) is 30.6. The van der Waals surface area contributed by atoms with E-state index in [4.69, 9.17) is 21.1 Å². The van der Waals surface area contributed by atoms with Crippen molar-refractivity contribution in [3.05, 3.63) is 131 Å². The minimum Gasteiger partial charge on any atom is -0.495 e. The van der Waals surface area contributed by atoms with Gasteiger partial charge in [0.05, 0.1) is 28.9 Å². The van der Waals surface area contributed by atoms with Crippen molar-refractivity contribution in [3.8, 4) is 11.5 Å². The Morgan fingerprint density at radius 3 is 2.34 bits per heavy atom. The number of hydrogen-bond donors (Lipinski definition) is 1. The van der Waals surface area contributed by atoms with Crippen LogP contribution in [0.3, 0.4) is 0 Å². The van der Waals surface area contributed by atoms with Gasteiger partial charge in [-0.05, 0) is 89.5 Å². The molecule has 5 aromatic carbocycles. The molecule has 5 aromatic rings. The van der Waals surface area contributed by atoms with E-state index in [1.807, 2.05) is 37.3 Å². The molecule has 224 valence electrons. The smallest absolute Gasteiger partial charge is 0.264 e. The van der Waals surface area contributed by atoms with Crippen LogP contribution in [-0.2, 0) is 21.4 Å². The van der Waals surface area contributed by atoms with Crippen molar-refractivity contribution >= 4 is 50.2 Å². The Hall–Kier alpha value is -4.86. The van der Waals surface area contributed by atoms with Gasteiger partial charge in [0.25, 0.3) is 15.9 Å². The van der Waals surface area contributed by atoms with E-state index in [0.717, 1.165) is 26.4 Å². The average molecular weight is 628 g/mol. The molecule has 10 heteroatoms. The SMILES string of the molecule is COc1ccc(N(CC(=O)N/N=C\c2ccc(OCc3ccc4ccccc4c3)cc2)S(=O)(=O)c2ccc(C)cc2)cc1Cl. The number of fused-ring (bicyclic) bond motifs is 1. The molecule has 0 aliphatic rings. The highest BCUT2D eigenvalue weighted by Gasteiger charge is 2.28. The molecule has 0 aromatic heterocycles. The number of methoxy groups -OCH3 is 1. The van der Waals surface area contributed by atoms with E-state index in [-0.39, 0.29) is 15.6 Å². The minimum atomic E-state index is -4.11. The van der Waals surface area contributed by atoms with E-state index >= 15 is 0 Å². The van der Waals surface area contributed by atoms with Crippen LogP contribution < -0.4 is 19.2 Å². The lowest BCUT2D eigenvalue weighted by atomic mass is 10.1. The van der Waals surface area contributed by atoms with Gasteiger partial charge in [0.2, 0.25) is 0 Å². The Balaban J connectivity index is 1.23. The fourth-order valence-corrected chi connectivity index (χ4v) is 6.12. The molecule has 0 saturated heterocycles. The number of carbonyl (C=O) groups is 1. The van der Waals surface area contributed by atoms with Crippen LogP contribution >= 0.6 is 11.6 Å². The van der Waals surface area contributed by atoms with E-state index < -0.39 is 22.5 Å². The predicted molar refractivity (Wildman–Crippen MR) is 174 cm³/mol. The Morgan fingerprint density at radius 2 is 1.64 bits per heavy atom. The molecule has 0 aliphatic heterocycles. The highest BCUT2D eigenvalue weighted by molar-refractivity contribution is 7.92. The fraction of sp³-hybridized carbons (Fsp3) is 0.118. The number of halogens is 1. The van der Waals surface area contributed by atoms with Gasteiger partial charge in [0.1, 0.15) is 24.7 Å². The maximum Gasteiger partial charge on any atom is 0.264 e. The molecular formula is C34H30ClN3O5S. The minimum absolute atomic E-state index is 0.0364. The van der Waals surface area contributed by atoms with Crippen molar-refractivity contribution in [1.82, 2.24) is 5.43 Å². The van der Waals surface area contributed by atoms with Crippen molar-refractivity contribution in [2.24, 2.45) is 5.10 Å². The molecule has 0 radical (unpaired) electrons. The van der Waals surface area contributed by atoms with Crippen LogP contribution in [0.15, 0.2) is 119 Å². The molecule has 0 unspecified atom stereocenters. The van der Waals surface area contributed by atoms with Gasteiger partial charge in [-0.15, -0.1) is 0 Å². The van der Waals surface area contributed by atoms with E-state index in [2.05, 4.69) is 34.8 Å². The van der Waals surface area contributed by atoms with Crippen LogP contribution in [0, 0.1) is 6.92 Å². The van der Waals surface area contributed by atoms with Crippen molar-refractivity contribution in [1.29, 1.82) is 0 Å². The maximum atomic E-state index is 13.6. The summed E-state index contributed by atoms with van der Waals surface area (Å²) in [7, 11) is -2.66. The highest BCUT2D eigenvalue weighted by atomic mass is 35.5. The molecule has 1 amide bonds. The third kappa shape index (κ3) is 7.37. The lowest BCUT2D eigenvalue weighted by Gasteiger charge is -2.24. The second-order valence-corrected chi connectivity index (χ2v) is 12.2. The zero-order valence-corrected chi connectivity index (χ0v) is 25.7. The number of benzene rings is 5. The number of ether oxygens (including phenoxy) is 2.